The number of aryl methyl sites for hydroxylation is 1. The van der Waals surface area contributed by atoms with Crippen molar-refractivity contribution in [2.24, 2.45) is 5.73 Å². The van der Waals surface area contributed by atoms with Gasteiger partial charge in [0.2, 0.25) is 0 Å². The van der Waals surface area contributed by atoms with Crippen molar-refractivity contribution in [3.63, 3.8) is 0 Å². The number of anilines is 1. The monoisotopic (exact) mass is 181 g/mol. The van der Waals surface area contributed by atoms with Crippen LogP contribution in [0.5, 0.6) is 0 Å². The molecule has 0 spiro atoms. The molecule has 0 saturated carbocycles. The van der Waals surface area contributed by atoms with Crippen molar-refractivity contribution < 1.29 is 5.11 Å². The minimum absolute atomic E-state index is 0.388. The molecule has 1 aromatic heterocycles. The molecular weight excluding hydrogens is 166 g/mol. The zero-order chi connectivity index (χ0) is 10.0. The molecule has 0 aliphatic heterocycles. The molecule has 0 radical (unpaired) electrons. The maximum Gasteiger partial charge on any atom is 0.128 e. The number of aliphatic hydroxyl groups is 1. The van der Waals surface area contributed by atoms with Gasteiger partial charge in [-0.15, -0.1) is 0 Å². The van der Waals surface area contributed by atoms with Crippen LogP contribution in [0.15, 0.2) is 12.3 Å². The molecule has 1 rings (SSSR count). The van der Waals surface area contributed by atoms with Crippen molar-refractivity contribution in [1.82, 2.24) is 4.98 Å². The molecule has 0 unspecified atom stereocenters. The van der Waals surface area contributed by atoms with Crippen LogP contribution in [0.1, 0.15) is 24.1 Å². The first kappa shape index (κ1) is 9.95. The number of aromatic nitrogens is 1. The molecule has 0 amide bonds. The molecule has 1 heterocycles. The fourth-order valence-corrected chi connectivity index (χ4v) is 1.13. The number of hydrogen-bond acceptors (Lipinski definition) is 4. The highest BCUT2D eigenvalue weighted by molar-refractivity contribution is 5.43. The molecule has 72 valence electrons. The first-order valence-corrected chi connectivity index (χ1v) is 4.18. The van der Waals surface area contributed by atoms with Crippen molar-refractivity contribution in [3.05, 3.63) is 23.4 Å². The van der Waals surface area contributed by atoms with E-state index in [4.69, 9.17) is 11.5 Å². The zero-order valence-electron chi connectivity index (χ0n) is 7.86. The van der Waals surface area contributed by atoms with Crippen LogP contribution >= 0.6 is 0 Å². The van der Waals surface area contributed by atoms with E-state index in [0.29, 0.717) is 11.4 Å². The highest BCUT2D eigenvalue weighted by atomic mass is 16.3. The zero-order valence-corrected chi connectivity index (χ0v) is 7.86. The van der Waals surface area contributed by atoms with Gasteiger partial charge in [-0.25, -0.2) is 4.98 Å². The van der Waals surface area contributed by atoms with Crippen LogP contribution in [0.4, 0.5) is 5.82 Å². The first-order valence-electron chi connectivity index (χ1n) is 4.18. The normalized spacial score (nSPS) is 15.4. The Balaban J connectivity index is 3.05. The predicted octanol–water partition coefficient (Wildman–Crippen LogP) is 0.353. The third kappa shape index (κ3) is 2.17. The Morgan fingerprint density at radius 3 is 2.69 bits per heavy atom. The van der Waals surface area contributed by atoms with Crippen LogP contribution in [-0.4, -0.2) is 16.2 Å². The summed E-state index contributed by atoms with van der Waals surface area (Å²) in [5.74, 6) is 0.388. The molecule has 0 aliphatic carbocycles. The van der Waals surface area contributed by atoms with E-state index in [0.717, 1.165) is 5.56 Å². The van der Waals surface area contributed by atoms with Gasteiger partial charge in [0.1, 0.15) is 5.82 Å². The van der Waals surface area contributed by atoms with Crippen molar-refractivity contribution in [2.45, 2.75) is 26.0 Å². The van der Waals surface area contributed by atoms with Crippen LogP contribution in [0.25, 0.3) is 0 Å². The Morgan fingerprint density at radius 2 is 2.15 bits per heavy atom. The second-order valence-electron chi connectivity index (χ2n) is 3.25. The molecule has 13 heavy (non-hydrogen) atoms. The summed E-state index contributed by atoms with van der Waals surface area (Å²) in [5, 5.41) is 9.28. The number of nitrogens with two attached hydrogens (primary N) is 2. The topological polar surface area (TPSA) is 85.2 Å². The van der Waals surface area contributed by atoms with Gasteiger partial charge in [-0.2, -0.15) is 0 Å². The summed E-state index contributed by atoms with van der Waals surface area (Å²) in [6.45, 7) is 3.54. The average molecular weight is 181 g/mol. The van der Waals surface area contributed by atoms with E-state index in [-0.39, 0.29) is 0 Å². The number of pyridine rings is 1. The lowest BCUT2D eigenvalue weighted by atomic mass is 10.0. The van der Waals surface area contributed by atoms with Gasteiger partial charge in [-0.05, 0) is 25.5 Å². The number of rotatable bonds is 2. The Hall–Kier alpha value is -1.13. The van der Waals surface area contributed by atoms with E-state index in [9.17, 15) is 5.11 Å². The first-order chi connectivity index (χ1) is 6.02. The Labute approximate surface area is 77.6 Å². The molecule has 4 nitrogen and oxygen atoms in total. The third-order valence-electron chi connectivity index (χ3n) is 1.97. The van der Waals surface area contributed by atoms with E-state index in [2.05, 4.69) is 4.98 Å². The van der Waals surface area contributed by atoms with E-state index < -0.39 is 12.1 Å². The molecular formula is C9H15N3O. The number of nitrogens with zero attached hydrogens (tertiary/aromatic N) is 1. The van der Waals surface area contributed by atoms with Gasteiger partial charge in [0.25, 0.3) is 0 Å². The minimum atomic E-state index is -0.620. The molecule has 0 aliphatic rings. The van der Waals surface area contributed by atoms with Crippen LogP contribution < -0.4 is 11.5 Å². The lowest BCUT2D eigenvalue weighted by Crippen LogP contribution is -2.24. The third-order valence-corrected chi connectivity index (χ3v) is 1.97. The SMILES string of the molecule is Cc1cnc(N)c([C@H](N)[C@H](C)O)c1. The van der Waals surface area contributed by atoms with Crippen molar-refractivity contribution in [3.8, 4) is 0 Å². The molecule has 2 atom stereocenters. The van der Waals surface area contributed by atoms with E-state index >= 15 is 0 Å². The molecule has 0 saturated heterocycles. The van der Waals surface area contributed by atoms with Gasteiger partial charge >= 0.3 is 0 Å². The molecule has 0 aromatic carbocycles. The van der Waals surface area contributed by atoms with Gasteiger partial charge in [-0.3, -0.25) is 0 Å². The fourth-order valence-electron chi connectivity index (χ4n) is 1.13. The summed E-state index contributed by atoms with van der Waals surface area (Å²) < 4.78 is 0. The quantitative estimate of drug-likeness (QED) is 0.614. The van der Waals surface area contributed by atoms with E-state index in [1.165, 1.54) is 0 Å². The van der Waals surface area contributed by atoms with Crippen molar-refractivity contribution in [1.29, 1.82) is 0 Å². The van der Waals surface area contributed by atoms with Crippen molar-refractivity contribution in [2.75, 3.05) is 5.73 Å². The van der Waals surface area contributed by atoms with Gasteiger partial charge in [0.05, 0.1) is 12.1 Å². The van der Waals surface area contributed by atoms with Crippen LogP contribution in [0, 0.1) is 6.92 Å². The molecule has 4 heteroatoms. The van der Waals surface area contributed by atoms with Gasteiger partial charge in [0.15, 0.2) is 0 Å². The minimum Gasteiger partial charge on any atom is -0.391 e. The molecule has 0 fully saturated rings. The van der Waals surface area contributed by atoms with E-state index in [1.807, 2.05) is 13.0 Å². The largest absolute Gasteiger partial charge is 0.391 e. The predicted molar refractivity (Wildman–Crippen MR) is 52.0 cm³/mol. The Kier molecular flexibility index (Phi) is 2.85. The van der Waals surface area contributed by atoms with Gasteiger partial charge < -0.3 is 16.6 Å². The highest BCUT2D eigenvalue weighted by Gasteiger charge is 2.15. The van der Waals surface area contributed by atoms with Gasteiger partial charge in [0, 0.05) is 11.8 Å². The number of hydrogen-bond donors (Lipinski definition) is 3. The summed E-state index contributed by atoms with van der Waals surface area (Å²) in [6.07, 6.45) is 1.05. The van der Waals surface area contributed by atoms with Crippen LogP contribution in [0.3, 0.4) is 0 Å². The number of aliphatic hydroxyl groups excluding tert-OH is 1. The van der Waals surface area contributed by atoms with Crippen LogP contribution in [-0.2, 0) is 0 Å². The van der Waals surface area contributed by atoms with Crippen molar-refractivity contribution >= 4 is 5.82 Å². The smallest absolute Gasteiger partial charge is 0.128 e. The summed E-state index contributed by atoms with van der Waals surface area (Å²) >= 11 is 0. The Morgan fingerprint density at radius 1 is 1.54 bits per heavy atom. The Bertz CT molecular complexity index is 299. The maximum atomic E-state index is 9.28. The lowest BCUT2D eigenvalue weighted by Gasteiger charge is -2.16. The molecule has 5 N–H and O–H groups in total. The maximum absolute atomic E-state index is 9.28. The number of nitrogen functional groups attached to an aromatic ring is 1. The second-order valence-corrected chi connectivity index (χ2v) is 3.25. The molecule has 1 aromatic rings. The summed E-state index contributed by atoms with van der Waals surface area (Å²) in [5.41, 5.74) is 13.1. The summed E-state index contributed by atoms with van der Waals surface area (Å²) in [7, 11) is 0. The average Bonchev–Trinajstić information content (AvgIpc) is 2.08. The fraction of sp³-hybridized carbons (Fsp3) is 0.444. The standard InChI is InChI=1S/C9H15N3O/c1-5-3-7(8(10)6(2)13)9(11)12-4-5/h3-4,6,8,13H,10H2,1-2H3,(H2,11,12)/t6-,8+/m0/s1. The van der Waals surface area contributed by atoms with Crippen LogP contribution in [0.2, 0.25) is 0 Å². The highest BCUT2D eigenvalue weighted by Crippen LogP contribution is 2.19. The summed E-state index contributed by atoms with van der Waals surface area (Å²) in [4.78, 5) is 3.97. The molecule has 0 bridgehead atoms. The lowest BCUT2D eigenvalue weighted by molar-refractivity contribution is 0.164. The van der Waals surface area contributed by atoms with E-state index in [1.54, 1.807) is 13.1 Å². The summed E-state index contributed by atoms with van der Waals surface area (Å²) in [6, 6.07) is 1.38. The second kappa shape index (κ2) is 3.72. The van der Waals surface area contributed by atoms with Gasteiger partial charge in [-0.1, -0.05) is 0 Å².